The van der Waals surface area contributed by atoms with Gasteiger partial charge in [-0.3, -0.25) is 0 Å². The Morgan fingerprint density at radius 2 is 1.68 bits per heavy atom. The van der Waals surface area contributed by atoms with Crippen molar-refractivity contribution in [1.29, 1.82) is 0 Å². The van der Waals surface area contributed by atoms with E-state index in [1.54, 1.807) is 4.68 Å². The third-order valence-corrected chi connectivity index (χ3v) is 7.75. The van der Waals surface area contributed by atoms with Crippen LogP contribution < -0.4 is 9.64 Å². The van der Waals surface area contributed by atoms with E-state index in [4.69, 9.17) is 9.47 Å². The van der Waals surface area contributed by atoms with Gasteiger partial charge in [-0.25, -0.2) is 9.48 Å². The second-order valence-corrected chi connectivity index (χ2v) is 9.70. The van der Waals surface area contributed by atoms with Crippen LogP contribution in [-0.4, -0.2) is 28.8 Å². The zero-order chi connectivity index (χ0) is 25.9. The molecule has 4 aromatic rings. The van der Waals surface area contributed by atoms with Crippen molar-refractivity contribution in [3.05, 3.63) is 94.2 Å². The van der Waals surface area contributed by atoms with Gasteiger partial charge in [0, 0.05) is 48.6 Å². The number of carbonyl (C=O) groups is 1. The number of esters is 1. The van der Waals surface area contributed by atoms with E-state index in [2.05, 4.69) is 67.2 Å². The Kier molecular flexibility index (Phi) is 5.37. The number of ether oxygens (including phenoxy) is 2. The summed E-state index contributed by atoms with van der Waals surface area (Å²) < 4.78 is 14.7. The van der Waals surface area contributed by atoms with Crippen molar-refractivity contribution < 1.29 is 14.3 Å². The molecule has 3 heterocycles. The molecule has 2 aliphatic rings. The highest BCUT2D eigenvalue weighted by Crippen LogP contribution is 2.58. The highest BCUT2D eigenvalue weighted by atomic mass is 16.6. The summed E-state index contributed by atoms with van der Waals surface area (Å²) in [5.74, 6) is 0.940. The van der Waals surface area contributed by atoms with Crippen molar-refractivity contribution >= 4 is 11.7 Å². The van der Waals surface area contributed by atoms with Crippen LogP contribution in [-0.2, 0) is 23.8 Å². The number of rotatable bonds is 5. The maximum Gasteiger partial charge on any atom is 0.340 e. The lowest BCUT2D eigenvalue weighted by Gasteiger charge is -2.37. The molecule has 0 saturated heterocycles. The summed E-state index contributed by atoms with van der Waals surface area (Å²) in [4.78, 5) is 15.6. The Hall–Kier alpha value is -4.06. The van der Waals surface area contributed by atoms with Crippen molar-refractivity contribution in [2.24, 2.45) is 7.05 Å². The number of aromatic nitrogens is 2. The quantitative estimate of drug-likeness (QED) is 0.302. The summed E-state index contributed by atoms with van der Waals surface area (Å²) in [6, 6.07) is 20.6. The highest BCUT2D eigenvalue weighted by Gasteiger charge is 2.56. The van der Waals surface area contributed by atoms with Gasteiger partial charge in [0.2, 0.25) is 5.88 Å². The molecule has 188 valence electrons. The first-order valence-corrected chi connectivity index (χ1v) is 13.0. The maximum absolute atomic E-state index is 13.3. The Morgan fingerprint density at radius 1 is 0.946 bits per heavy atom. The van der Waals surface area contributed by atoms with E-state index in [0.29, 0.717) is 17.2 Å². The number of aryl methyl sites for hydroxylation is 3. The summed E-state index contributed by atoms with van der Waals surface area (Å²) in [5.41, 5.74) is 7.22. The Labute approximate surface area is 217 Å². The molecule has 0 bridgehead atoms. The number of hydrogen-bond acceptors (Lipinski definition) is 5. The van der Waals surface area contributed by atoms with Crippen LogP contribution in [0.2, 0.25) is 0 Å². The van der Waals surface area contributed by atoms with Crippen LogP contribution in [0.5, 0.6) is 11.6 Å². The van der Waals surface area contributed by atoms with E-state index < -0.39 is 5.60 Å². The largest absolute Gasteiger partial charge is 0.440 e. The van der Waals surface area contributed by atoms with Gasteiger partial charge in [-0.1, -0.05) is 49.4 Å². The molecule has 0 fully saturated rings. The molecule has 6 rings (SSSR count). The molecule has 3 aromatic carbocycles. The summed E-state index contributed by atoms with van der Waals surface area (Å²) in [7, 11) is 1.86. The van der Waals surface area contributed by atoms with E-state index in [1.165, 1.54) is 5.56 Å². The van der Waals surface area contributed by atoms with Crippen LogP contribution in [0.3, 0.4) is 0 Å². The van der Waals surface area contributed by atoms with Gasteiger partial charge in [0.15, 0.2) is 5.60 Å². The lowest BCUT2D eigenvalue weighted by atomic mass is 9.77. The Balaban J connectivity index is 1.69. The summed E-state index contributed by atoms with van der Waals surface area (Å²) in [6.07, 6.45) is 0.986. The van der Waals surface area contributed by atoms with E-state index in [-0.39, 0.29) is 5.97 Å². The molecule has 1 unspecified atom stereocenters. The number of fused-ring (bicyclic) bond motifs is 6. The first-order chi connectivity index (χ1) is 17.9. The fraction of sp³-hybridized carbons (Fsp3) is 0.290. The van der Waals surface area contributed by atoms with Crippen molar-refractivity contribution in [2.75, 3.05) is 18.0 Å². The summed E-state index contributed by atoms with van der Waals surface area (Å²) >= 11 is 0. The van der Waals surface area contributed by atoms with Gasteiger partial charge in [0.25, 0.3) is 0 Å². The second kappa shape index (κ2) is 8.51. The molecule has 1 spiro atoms. The van der Waals surface area contributed by atoms with Crippen molar-refractivity contribution in [3.63, 3.8) is 0 Å². The molecule has 0 amide bonds. The predicted molar refractivity (Wildman–Crippen MR) is 145 cm³/mol. The van der Waals surface area contributed by atoms with Crippen LogP contribution in [0.4, 0.5) is 5.69 Å². The van der Waals surface area contributed by atoms with Gasteiger partial charge in [-0.15, -0.1) is 0 Å². The van der Waals surface area contributed by atoms with Crippen LogP contribution in [0.15, 0.2) is 60.7 Å². The molecule has 37 heavy (non-hydrogen) atoms. The minimum absolute atomic E-state index is 0.334. The smallest absolute Gasteiger partial charge is 0.340 e. The molecule has 0 N–H and O–H groups in total. The lowest BCUT2D eigenvalue weighted by Crippen LogP contribution is -2.34. The van der Waals surface area contributed by atoms with Gasteiger partial charge in [-0.2, -0.15) is 5.10 Å². The fourth-order valence-corrected chi connectivity index (χ4v) is 5.91. The first kappa shape index (κ1) is 23.3. The molecule has 0 radical (unpaired) electrons. The third-order valence-electron chi connectivity index (χ3n) is 7.75. The normalized spacial score (nSPS) is 17.2. The van der Waals surface area contributed by atoms with Gasteiger partial charge in [-0.05, 0) is 50.5 Å². The van der Waals surface area contributed by atoms with Gasteiger partial charge in [0.1, 0.15) is 5.75 Å². The standard InChI is InChI=1S/C31H31N3O3/c1-6-20-13-15-21(16-14-20)23-17-25-27(18-26(23)34(7-2)8-3)36-29-28(19(4)32-33(29)5)31(25)24-12-10-9-11-22(24)30(35)37-31/h9-18H,6-8H2,1-5H3. The summed E-state index contributed by atoms with van der Waals surface area (Å²) in [5, 5.41) is 4.67. The van der Waals surface area contributed by atoms with Crippen molar-refractivity contribution in [2.45, 2.75) is 39.7 Å². The molecule has 1 atom stereocenters. The number of carbonyl (C=O) groups excluding carboxylic acids is 1. The van der Waals surface area contributed by atoms with Crippen LogP contribution in [0.1, 0.15) is 59.1 Å². The topological polar surface area (TPSA) is 56.6 Å². The van der Waals surface area contributed by atoms with E-state index in [9.17, 15) is 4.79 Å². The Morgan fingerprint density at radius 3 is 2.38 bits per heavy atom. The predicted octanol–water partition coefficient (Wildman–Crippen LogP) is 6.37. The van der Waals surface area contributed by atoms with Crippen molar-refractivity contribution in [3.8, 4) is 22.8 Å². The third kappa shape index (κ3) is 3.24. The Bertz CT molecular complexity index is 1530. The van der Waals surface area contributed by atoms with Gasteiger partial charge < -0.3 is 14.4 Å². The monoisotopic (exact) mass is 493 g/mol. The molecule has 6 heteroatoms. The second-order valence-electron chi connectivity index (χ2n) is 9.70. The van der Waals surface area contributed by atoms with Crippen LogP contribution in [0, 0.1) is 6.92 Å². The van der Waals surface area contributed by atoms with Crippen LogP contribution in [0.25, 0.3) is 11.1 Å². The number of benzene rings is 3. The maximum atomic E-state index is 13.3. The first-order valence-electron chi connectivity index (χ1n) is 13.0. The van der Waals surface area contributed by atoms with E-state index in [1.807, 2.05) is 38.2 Å². The zero-order valence-electron chi connectivity index (χ0n) is 22.0. The minimum Gasteiger partial charge on any atom is -0.440 e. The molecular weight excluding hydrogens is 462 g/mol. The average Bonchev–Trinajstić information content (AvgIpc) is 3.37. The average molecular weight is 494 g/mol. The molecule has 0 aliphatic carbocycles. The van der Waals surface area contributed by atoms with Gasteiger partial charge in [0.05, 0.1) is 16.8 Å². The van der Waals surface area contributed by atoms with E-state index in [0.717, 1.165) is 58.7 Å². The molecule has 6 nitrogen and oxygen atoms in total. The minimum atomic E-state index is -1.13. The molecule has 0 saturated carbocycles. The number of anilines is 1. The lowest BCUT2D eigenvalue weighted by molar-refractivity contribution is 0.0221. The number of hydrogen-bond donors (Lipinski definition) is 0. The molecular formula is C31H31N3O3. The van der Waals surface area contributed by atoms with Crippen LogP contribution >= 0.6 is 0 Å². The fourth-order valence-electron chi connectivity index (χ4n) is 5.91. The van der Waals surface area contributed by atoms with E-state index >= 15 is 0 Å². The SMILES string of the molecule is CCc1ccc(-c2cc3c(cc2N(CC)CC)Oc2c(c(C)nn2C)C32OC(=O)c3ccccc32)cc1. The van der Waals surface area contributed by atoms with Gasteiger partial charge >= 0.3 is 5.97 Å². The number of nitrogens with zero attached hydrogens (tertiary/aromatic N) is 3. The zero-order valence-corrected chi connectivity index (χ0v) is 22.0. The molecule has 1 aromatic heterocycles. The van der Waals surface area contributed by atoms with Crippen molar-refractivity contribution in [1.82, 2.24) is 9.78 Å². The molecule has 2 aliphatic heterocycles. The summed E-state index contributed by atoms with van der Waals surface area (Å²) in [6.45, 7) is 10.1. The highest BCUT2D eigenvalue weighted by molar-refractivity contribution is 5.97.